The molecule has 84 valence electrons. The first kappa shape index (κ1) is 9.92. The van der Waals surface area contributed by atoms with Crippen molar-refractivity contribution in [2.75, 3.05) is 6.54 Å². The van der Waals surface area contributed by atoms with E-state index in [1.165, 1.54) is 17.8 Å². The van der Waals surface area contributed by atoms with Crippen molar-refractivity contribution in [3.63, 3.8) is 0 Å². The topological polar surface area (TPSA) is 77.8 Å². The maximum absolute atomic E-state index is 5.79. The molecule has 16 heavy (non-hydrogen) atoms. The van der Waals surface area contributed by atoms with E-state index < -0.39 is 0 Å². The Bertz CT molecular complexity index is 469. The van der Waals surface area contributed by atoms with Crippen LogP contribution < -0.4 is 5.73 Å². The normalized spacial score (nSPS) is 18.3. The van der Waals surface area contributed by atoms with Gasteiger partial charge in [-0.15, -0.1) is 11.3 Å². The highest BCUT2D eigenvalue weighted by Crippen LogP contribution is 2.42. The van der Waals surface area contributed by atoms with Gasteiger partial charge < -0.3 is 10.3 Å². The third-order valence-corrected chi connectivity index (χ3v) is 3.83. The minimum atomic E-state index is -0.0682. The van der Waals surface area contributed by atoms with E-state index in [0.29, 0.717) is 18.3 Å². The Morgan fingerprint density at radius 3 is 2.94 bits per heavy atom. The number of nitrogens with zero attached hydrogens (tertiary/aromatic N) is 3. The second-order valence-corrected chi connectivity index (χ2v) is 4.85. The molecular weight excluding hydrogens is 224 g/mol. The molecule has 0 bridgehead atoms. The Morgan fingerprint density at radius 2 is 2.38 bits per heavy atom. The van der Waals surface area contributed by atoms with E-state index >= 15 is 0 Å². The van der Waals surface area contributed by atoms with Crippen LogP contribution in [0.1, 0.15) is 25.2 Å². The second kappa shape index (κ2) is 3.64. The average molecular weight is 236 g/mol. The molecule has 0 aliphatic heterocycles. The molecule has 1 fully saturated rings. The predicted octanol–water partition coefficient (Wildman–Crippen LogP) is 1.57. The van der Waals surface area contributed by atoms with Gasteiger partial charge >= 0.3 is 0 Å². The van der Waals surface area contributed by atoms with E-state index in [1.54, 1.807) is 5.51 Å². The number of nitrogens with two attached hydrogens (primary N) is 1. The van der Waals surface area contributed by atoms with Crippen molar-refractivity contribution in [1.82, 2.24) is 15.1 Å². The Kier molecular flexibility index (Phi) is 2.26. The molecule has 6 heteroatoms. The molecule has 2 N–H and O–H groups in total. The maximum Gasteiger partial charge on any atom is 0.234 e. The Balaban J connectivity index is 1.93. The van der Waals surface area contributed by atoms with Gasteiger partial charge in [-0.25, -0.2) is 4.98 Å². The van der Waals surface area contributed by atoms with Gasteiger partial charge in [0.1, 0.15) is 5.69 Å². The van der Waals surface area contributed by atoms with Crippen molar-refractivity contribution < 1.29 is 4.52 Å². The van der Waals surface area contributed by atoms with Gasteiger partial charge in [0, 0.05) is 11.9 Å². The summed E-state index contributed by atoms with van der Waals surface area (Å²) in [5, 5.41) is 5.86. The SMILES string of the molecule is NCC1(c2nc(-c3cscn3)no2)CCC1. The quantitative estimate of drug-likeness (QED) is 0.875. The van der Waals surface area contributed by atoms with Crippen molar-refractivity contribution in [2.45, 2.75) is 24.7 Å². The van der Waals surface area contributed by atoms with Crippen LogP contribution in [0.2, 0.25) is 0 Å². The standard InChI is InChI=1S/C10H12N4OS/c11-5-10(2-1-3-10)9-13-8(14-15-9)7-4-16-6-12-7/h4,6H,1-3,5,11H2. The summed E-state index contributed by atoms with van der Waals surface area (Å²) in [4.78, 5) is 8.56. The van der Waals surface area contributed by atoms with Crippen molar-refractivity contribution >= 4 is 11.3 Å². The number of hydrogen-bond donors (Lipinski definition) is 1. The molecule has 0 unspecified atom stereocenters. The molecule has 0 saturated heterocycles. The van der Waals surface area contributed by atoms with E-state index in [0.717, 1.165) is 18.5 Å². The van der Waals surface area contributed by atoms with Crippen LogP contribution in [-0.4, -0.2) is 21.7 Å². The fraction of sp³-hybridized carbons (Fsp3) is 0.500. The first-order valence-electron chi connectivity index (χ1n) is 5.27. The van der Waals surface area contributed by atoms with Crippen LogP contribution in [0, 0.1) is 0 Å². The smallest absolute Gasteiger partial charge is 0.234 e. The summed E-state index contributed by atoms with van der Waals surface area (Å²) in [7, 11) is 0. The fourth-order valence-electron chi connectivity index (χ4n) is 1.97. The number of thiazole rings is 1. The molecule has 0 aromatic carbocycles. The van der Waals surface area contributed by atoms with Gasteiger partial charge in [-0.05, 0) is 12.8 Å². The van der Waals surface area contributed by atoms with E-state index in [2.05, 4.69) is 15.1 Å². The first-order valence-corrected chi connectivity index (χ1v) is 6.21. The van der Waals surface area contributed by atoms with Crippen molar-refractivity contribution in [3.8, 4) is 11.5 Å². The Hall–Kier alpha value is -1.27. The lowest BCUT2D eigenvalue weighted by atomic mass is 9.69. The molecule has 1 saturated carbocycles. The largest absolute Gasteiger partial charge is 0.338 e. The fourth-order valence-corrected chi connectivity index (χ4v) is 2.51. The van der Waals surface area contributed by atoms with Crippen LogP contribution in [0.3, 0.4) is 0 Å². The summed E-state index contributed by atoms with van der Waals surface area (Å²) in [6.45, 7) is 0.575. The van der Waals surface area contributed by atoms with Crippen LogP contribution >= 0.6 is 11.3 Å². The second-order valence-electron chi connectivity index (χ2n) is 4.13. The lowest BCUT2D eigenvalue weighted by molar-refractivity contribution is 0.182. The molecule has 2 heterocycles. The van der Waals surface area contributed by atoms with Gasteiger partial charge in [-0.2, -0.15) is 4.98 Å². The van der Waals surface area contributed by atoms with Gasteiger partial charge in [0.15, 0.2) is 0 Å². The summed E-state index contributed by atoms with van der Waals surface area (Å²) in [6.07, 6.45) is 3.27. The number of hydrogen-bond acceptors (Lipinski definition) is 6. The van der Waals surface area contributed by atoms with E-state index in [-0.39, 0.29) is 5.41 Å². The highest BCUT2D eigenvalue weighted by atomic mass is 32.1. The summed E-state index contributed by atoms with van der Waals surface area (Å²) in [5.74, 6) is 1.24. The molecule has 0 amide bonds. The minimum Gasteiger partial charge on any atom is -0.338 e. The molecule has 2 aromatic rings. The lowest BCUT2D eigenvalue weighted by Gasteiger charge is -2.36. The van der Waals surface area contributed by atoms with Crippen molar-refractivity contribution in [2.24, 2.45) is 5.73 Å². The molecule has 2 aromatic heterocycles. The van der Waals surface area contributed by atoms with Crippen molar-refractivity contribution in [1.29, 1.82) is 0 Å². The third-order valence-electron chi connectivity index (χ3n) is 3.24. The summed E-state index contributed by atoms with van der Waals surface area (Å²) in [5.41, 5.74) is 8.25. The monoisotopic (exact) mass is 236 g/mol. The average Bonchev–Trinajstić information content (AvgIpc) is 2.86. The van der Waals surface area contributed by atoms with Crippen molar-refractivity contribution in [3.05, 3.63) is 16.8 Å². The molecule has 1 aliphatic rings. The zero-order chi connectivity index (χ0) is 11.0. The van der Waals surface area contributed by atoms with Gasteiger partial charge in [-0.3, -0.25) is 0 Å². The molecule has 1 aliphatic carbocycles. The van der Waals surface area contributed by atoms with Gasteiger partial charge in [0.05, 0.1) is 10.9 Å². The highest BCUT2D eigenvalue weighted by Gasteiger charge is 2.42. The predicted molar refractivity (Wildman–Crippen MR) is 60.0 cm³/mol. The van der Waals surface area contributed by atoms with Crippen LogP contribution in [0.4, 0.5) is 0 Å². The Labute approximate surface area is 96.7 Å². The molecule has 0 radical (unpaired) electrons. The molecular formula is C10H12N4OS. The van der Waals surface area contributed by atoms with Crippen LogP contribution in [0.5, 0.6) is 0 Å². The van der Waals surface area contributed by atoms with Crippen LogP contribution in [0.15, 0.2) is 15.4 Å². The minimum absolute atomic E-state index is 0.0682. The number of aromatic nitrogens is 3. The molecule has 3 rings (SSSR count). The number of rotatable bonds is 3. The highest BCUT2D eigenvalue weighted by molar-refractivity contribution is 7.07. The zero-order valence-electron chi connectivity index (χ0n) is 8.72. The zero-order valence-corrected chi connectivity index (χ0v) is 9.54. The third kappa shape index (κ3) is 1.37. The van der Waals surface area contributed by atoms with Crippen LogP contribution in [-0.2, 0) is 5.41 Å². The van der Waals surface area contributed by atoms with E-state index in [4.69, 9.17) is 10.3 Å². The van der Waals surface area contributed by atoms with E-state index in [9.17, 15) is 0 Å². The van der Waals surface area contributed by atoms with Crippen LogP contribution in [0.25, 0.3) is 11.5 Å². The lowest BCUT2D eigenvalue weighted by Crippen LogP contribution is -2.41. The van der Waals surface area contributed by atoms with Gasteiger partial charge in [0.25, 0.3) is 0 Å². The summed E-state index contributed by atoms with van der Waals surface area (Å²) in [6, 6.07) is 0. The molecule has 0 spiro atoms. The molecule has 0 atom stereocenters. The van der Waals surface area contributed by atoms with Gasteiger partial charge in [0.2, 0.25) is 11.7 Å². The Morgan fingerprint density at radius 1 is 1.50 bits per heavy atom. The maximum atomic E-state index is 5.79. The first-order chi connectivity index (χ1) is 7.84. The van der Waals surface area contributed by atoms with E-state index in [1.807, 2.05) is 5.38 Å². The summed E-state index contributed by atoms with van der Waals surface area (Å²) >= 11 is 1.52. The molecule has 5 nitrogen and oxygen atoms in total. The van der Waals surface area contributed by atoms with Gasteiger partial charge in [-0.1, -0.05) is 11.6 Å². The summed E-state index contributed by atoms with van der Waals surface area (Å²) < 4.78 is 5.31.